The molecule has 1 saturated heterocycles. The van der Waals surface area contributed by atoms with Gasteiger partial charge in [-0.1, -0.05) is 6.07 Å². The first-order chi connectivity index (χ1) is 18.5. The molecule has 6 heterocycles. The van der Waals surface area contributed by atoms with E-state index in [4.69, 9.17) is 15.5 Å². The van der Waals surface area contributed by atoms with Crippen molar-refractivity contribution in [1.82, 2.24) is 39.0 Å². The van der Waals surface area contributed by atoms with E-state index in [9.17, 15) is 4.79 Å². The topological polar surface area (TPSA) is 133 Å². The van der Waals surface area contributed by atoms with Crippen LogP contribution >= 0.6 is 0 Å². The number of methoxy groups -OCH3 is 1. The molecule has 2 N–H and O–H groups in total. The molecule has 0 unspecified atom stereocenters. The number of pyridine rings is 2. The number of fused-ring (bicyclic) bond motifs is 3. The highest BCUT2D eigenvalue weighted by Gasteiger charge is 2.27. The minimum absolute atomic E-state index is 0.184. The molecule has 0 spiro atoms. The summed E-state index contributed by atoms with van der Waals surface area (Å²) in [6.07, 6.45) is 5.33. The number of piperazine rings is 1. The lowest BCUT2D eigenvalue weighted by molar-refractivity contribution is 0.0587. The lowest BCUT2D eigenvalue weighted by atomic mass is 10.2. The molecule has 0 atom stereocenters. The van der Waals surface area contributed by atoms with Crippen molar-refractivity contribution >= 4 is 34.3 Å². The fraction of sp³-hybridized carbons (Fsp3) is 0.308. The van der Waals surface area contributed by atoms with E-state index in [1.807, 2.05) is 54.2 Å². The summed E-state index contributed by atoms with van der Waals surface area (Å²) >= 11 is 0. The van der Waals surface area contributed by atoms with Crippen molar-refractivity contribution in [2.24, 2.45) is 0 Å². The van der Waals surface area contributed by atoms with Gasteiger partial charge in [0.2, 0.25) is 11.8 Å². The number of rotatable bonds is 6. The van der Waals surface area contributed by atoms with E-state index in [1.54, 1.807) is 6.20 Å². The van der Waals surface area contributed by atoms with E-state index in [1.165, 1.54) is 17.3 Å². The van der Waals surface area contributed by atoms with Gasteiger partial charge in [0.25, 0.3) is 0 Å². The van der Waals surface area contributed by atoms with E-state index in [0.717, 1.165) is 43.7 Å². The van der Waals surface area contributed by atoms with Gasteiger partial charge in [0.05, 0.1) is 12.5 Å². The Bertz CT molecular complexity index is 1610. The van der Waals surface area contributed by atoms with E-state index in [0.29, 0.717) is 35.1 Å². The van der Waals surface area contributed by atoms with Gasteiger partial charge in [0, 0.05) is 63.5 Å². The third kappa shape index (κ3) is 4.08. The van der Waals surface area contributed by atoms with Crippen LogP contribution in [0, 0.1) is 6.92 Å². The molecule has 0 aliphatic carbocycles. The molecule has 1 aliphatic heterocycles. The summed E-state index contributed by atoms with van der Waals surface area (Å²) in [6, 6.07) is 9.61. The molecule has 5 aromatic heterocycles. The molecule has 6 rings (SSSR count). The van der Waals surface area contributed by atoms with Gasteiger partial charge < -0.3 is 19.9 Å². The number of nitrogens with two attached hydrogens (primary N) is 1. The standard InChI is InChI=1S/C26H28N10O2/c1-17-20-23(31-26(27)36-24(20)30-22(32-36)19-5-3-4-8-29-19)35(21(17)25(37)38-2)16-13-33-11-14-34(15-12-33)18-6-9-28-10-7-18/h3-10H,11-16H2,1-2H3,(H2,27,31). The largest absolute Gasteiger partial charge is 0.464 e. The highest BCUT2D eigenvalue weighted by Crippen LogP contribution is 2.30. The summed E-state index contributed by atoms with van der Waals surface area (Å²) < 4.78 is 8.57. The zero-order valence-electron chi connectivity index (χ0n) is 21.3. The average Bonchev–Trinajstić information content (AvgIpc) is 3.52. The number of carbonyl (C=O) groups is 1. The monoisotopic (exact) mass is 512 g/mol. The van der Waals surface area contributed by atoms with Crippen LogP contribution in [0.1, 0.15) is 16.1 Å². The van der Waals surface area contributed by atoms with E-state index in [2.05, 4.69) is 29.9 Å². The van der Waals surface area contributed by atoms with Gasteiger partial charge in [-0.25, -0.2) is 9.78 Å². The molecule has 12 nitrogen and oxygen atoms in total. The predicted molar refractivity (Wildman–Crippen MR) is 143 cm³/mol. The third-order valence-corrected chi connectivity index (χ3v) is 7.06. The SMILES string of the molecule is COC(=O)c1c(C)c2c(nc(N)n3nc(-c4ccccn4)nc23)n1CCN1CCN(c2ccncc2)CC1. The second kappa shape index (κ2) is 9.71. The number of nitrogens with zero attached hydrogens (tertiary/aromatic N) is 9. The molecule has 12 heteroatoms. The molecular formula is C26H28N10O2. The summed E-state index contributed by atoms with van der Waals surface area (Å²) in [5, 5.41) is 5.26. The van der Waals surface area contributed by atoms with Crippen molar-refractivity contribution in [1.29, 1.82) is 0 Å². The van der Waals surface area contributed by atoms with Gasteiger partial charge in [-0.05, 0) is 36.8 Å². The van der Waals surface area contributed by atoms with Crippen molar-refractivity contribution in [3.8, 4) is 11.5 Å². The van der Waals surface area contributed by atoms with Gasteiger partial charge in [-0.2, -0.15) is 9.50 Å². The van der Waals surface area contributed by atoms with Crippen molar-refractivity contribution in [3.05, 3.63) is 60.2 Å². The Morgan fingerprint density at radius 3 is 2.50 bits per heavy atom. The molecule has 1 fully saturated rings. The Morgan fingerprint density at radius 2 is 1.79 bits per heavy atom. The van der Waals surface area contributed by atoms with Crippen LogP contribution in [0.3, 0.4) is 0 Å². The first-order valence-corrected chi connectivity index (χ1v) is 12.5. The molecular weight excluding hydrogens is 484 g/mol. The number of hydrogen-bond acceptors (Lipinski definition) is 10. The zero-order valence-corrected chi connectivity index (χ0v) is 21.3. The summed E-state index contributed by atoms with van der Waals surface area (Å²) in [5.41, 5.74) is 10.4. The summed E-state index contributed by atoms with van der Waals surface area (Å²) in [4.78, 5) is 35.6. The Balaban J connectivity index is 1.33. The third-order valence-electron chi connectivity index (χ3n) is 7.06. The van der Waals surface area contributed by atoms with Crippen molar-refractivity contribution in [3.63, 3.8) is 0 Å². The first-order valence-electron chi connectivity index (χ1n) is 12.5. The van der Waals surface area contributed by atoms with Gasteiger partial charge in [0.1, 0.15) is 17.0 Å². The number of anilines is 2. The van der Waals surface area contributed by atoms with E-state index >= 15 is 0 Å². The highest BCUT2D eigenvalue weighted by molar-refractivity contribution is 6.03. The Morgan fingerprint density at radius 1 is 1.00 bits per heavy atom. The van der Waals surface area contributed by atoms with Gasteiger partial charge in [0.15, 0.2) is 5.65 Å². The molecule has 0 saturated carbocycles. The number of aryl methyl sites for hydroxylation is 1. The average molecular weight is 513 g/mol. The minimum atomic E-state index is -0.427. The Labute approximate surface area is 218 Å². The number of hydrogen-bond donors (Lipinski definition) is 1. The molecule has 0 bridgehead atoms. The van der Waals surface area contributed by atoms with E-state index in [-0.39, 0.29) is 5.95 Å². The highest BCUT2D eigenvalue weighted by atomic mass is 16.5. The quantitative estimate of drug-likeness (QED) is 0.337. The fourth-order valence-electron chi connectivity index (χ4n) is 5.11. The molecule has 38 heavy (non-hydrogen) atoms. The zero-order chi connectivity index (χ0) is 26.2. The molecule has 1 aliphatic rings. The van der Waals surface area contributed by atoms with Crippen molar-refractivity contribution in [2.45, 2.75) is 13.5 Å². The molecule has 0 amide bonds. The predicted octanol–water partition coefficient (Wildman–Crippen LogP) is 2.04. The van der Waals surface area contributed by atoms with Crippen LogP contribution in [0.2, 0.25) is 0 Å². The summed E-state index contributed by atoms with van der Waals surface area (Å²) in [5.74, 6) is 0.193. The van der Waals surface area contributed by atoms with Crippen LogP contribution in [-0.2, 0) is 11.3 Å². The maximum absolute atomic E-state index is 12.9. The van der Waals surface area contributed by atoms with Crippen LogP contribution < -0.4 is 10.6 Å². The fourth-order valence-corrected chi connectivity index (χ4v) is 5.11. The normalized spacial score (nSPS) is 14.4. The van der Waals surface area contributed by atoms with Crippen LogP contribution in [0.5, 0.6) is 0 Å². The second-order valence-corrected chi connectivity index (χ2v) is 9.21. The van der Waals surface area contributed by atoms with Crippen LogP contribution in [0.4, 0.5) is 11.6 Å². The Kier molecular flexibility index (Phi) is 6.08. The first kappa shape index (κ1) is 23.8. The van der Waals surface area contributed by atoms with Crippen molar-refractivity contribution < 1.29 is 9.53 Å². The van der Waals surface area contributed by atoms with Gasteiger partial charge in [-0.15, -0.1) is 5.10 Å². The molecule has 194 valence electrons. The molecule has 5 aromatic rings. The maximum atomic E-state index is 12.9. The Hall–Kier alpha value is -4.58. The van der Waals surface area contributed by atoms with Gasteiger partial charge in [-0.3, -0.25) is 14.9 Å². The minimum Gasteiger partial charge on any atom is -0.464 e. The summed E-state index contributed by atoms with van der Waals surface area (Å²) in [6.45, 7) is 6.83. The lowest BCUT2D eigenvalue weighted by Gasteiger charge is -2.36. The van der Waals surface area contributed by atoms with Crippen molar-refractivity contribution in [2.75, 3.05) is 50.5 Å². The van der Waals surface area contributed by atoms with Crippen LogP contribution in [0.25, 0.3) is 28.2 Å². The maximum Gasteiger partial charge on any atom is 0.355 e. The lowest BCUT2D eigenvalue weighted by Crippen LogP contribution is -2.47. The number of esters is 1. The summed E-state index contributed by atoms with van der Waals surface area (Å²) in [7, 11) is 1.38. The number of ether oxygens (including phenoxy) is 1. The van der Waals surface area contributed by atoms with Crippen LogP contribution in [-0.4, -0.2) is 84.8 Å². The van der Waals surface area contributed by atoms with E-state index < -0.39 is 5.97 Å². The smallest absolute Gasteiger partial charge is 0.355 e. The number of carbonyl (C=O) groups excluding carboxylic acids is 1. The molecule has 0 radical (unpaired) electrons. The number of nitrogen functional groups attached to an aromatic ring is 1. The number of aromatic nitrogens is 7. The molecule has 0 aromatic carbocycles. The van der Waals surface area contributed by atoms with Gasteiger partial charge >= 0.3 is 5.97 Å². The van der Waals surface area contributed by atoms with Crippen LogP contribution in [0.15, 0.2) is 48.9 Å². The second-order valence-electron chi connectivity index (χ2n) is 9.21.